The number of halogens is 3. The fourth-order valence-corrected chi connectivity index (χ4v) is 3.88. The molecule has 4 nitrogen and oxygen atoms in total. The number of likely N-dealkylation sites (tertiary alicyclic amines) is 1. The van der Waals surface area contributed by atoms with Crippen LogP contribution in [0.2, 0.25) is 5.02 Å². The highest BCUT2D eigenvalue weighted by atomic mass is 127. The molecule has 1 aliphatic heterocycles. The normalized spacial score (nSPS) is 18.4. The summed E-state index contributed by atoms with van der Waals surface area (Å²) in [6.07, 6.45) is 0.934. The summed E-state index contributed by atoms with van der Waals surface area (Å²) in [4.78, 5) is 14.5. The molecule has 1 aliphatic rings. The summed E-state index contributed by atoms with van der Waals surface area (Å²) in [6.45, 7) is 3.03. The summed E-state index contributed by atoms with van der Waals surface area (Å²) in [7, 11) is 1.90. The predicted octanol–water partition coefficient (Wildman–Crippen LogP) is 3.37. The lowest BCUT2D eigenvalue weighted by molar-refractivity contribution is 0.0784. The van der Waals surface area contributed by atoms with E-state index < -0.39 is 0 Å². The maximum atomic E-state index is 14.4. The topological polar surface area (TPSA) is 37.3 Å². The first-order valence-corrected chi connectivity index (χ1v) is 8.41. The minimum Gasteiger partial charge on any atom is -0.336 e. The highest BCUT2D eigenvalue weighted by Gasteiger charge is 2.28. The molecule has 0 radical (unpaired) electrons. The van der Waals surface area contributed by atoms with Gasteiger partial charge in [-0.1, -0.05) is 11.6 Å². The average molecular weight is 436 g/mol. The molecule has 1 fully saturated rings. The largest absolute Gasteiger partial charge is 0.336 e. The highest BCUT2D eigenvalue weighted by molar-refractivity contribution is 14.1. The van der Waals surface area contributed by atoms with Crippen molar-refractivity contribution in [2.45, 2.75) is 19.4 Å². The molecule has 2 heterocycles. The number of carbonyl (C=O) groups excluding carboxylic acids is 1. The second kappa shape index (κ2) is 5.98. The molecule has 7 heteroatoms. The number of hydrogen-bond donors (Lipinski definition) is 1. The quantitative estimate of drug-likeness (QED) is 0.735. The van der Waals surface area contributed by atoms with Gasteiger partial charge in [0, 0.05) is 35.1 Å². The first-order chi connectivity index (χ1) is 10.4. The fourth-order valence-electron chi connectivity index (χ4n) is 2.84. The molecular formula is C15H16ClFIN3O. The van der Waals surface area contributed by atoms with Gasteiger partial charge in [0.25, 0.3) is 5.91 Å². The van der Waals surface area contributed by atoms with Crippen molar-refractivity contribution in [3.05, 3.63) is 34.2 Å². The fraction of sp³-hybridized carbons (Fsp3) is 0.400. The third-order valence-corrected chi connectivity index (χ3v) is 5.65. The summed E-state index contributed by atoms with van der Waals surface area (Å²) in [5.74, 6) is -0.443. The van der Waals surface area contributed by atoms with Crippen LogP contribution < -0.4 is 5.32 Å². The number of nitrogens with zero attached hydrogens (tertiary/aromatic N) is 2. The molecule has 1 atom stereocenters. The smallest absolute Gasteiger partial charge is 0.271 e. The lowest BCUT2D eigenvalue weighted by atomic mass is 10.1. The number of hydrogen-bond acceptors (Lipinski definition) is 2. The molecule has 2 aromatic rings. The summed E-state index contributed by atoms with van der Waals surface area (Å²) < 4.78 is 16.0. The average Bonchev–Trinajstić information content (AvgIpc) is 3.09. The van der Waals surface area contributed by atoms with Crippen molar-refractivity contribution in [2.24, 2.45) is 0 Å². The van der Waals surface area contributed by atoms with Gasteiger partial charge >= 0.3 is 0 Å². The molecule has 22 heavy (non-hydrogen) atoms. The first-order valence-electron chi connectivity index (χ1n) is 7.06. The number of carbonyl (C=O) groups is 1. The van der Waals surface area contributed by atoms with Crippen LogP contribution in [-0.4, -0.2) is 39.8 Å². The number of benzene rings is 1. The van der Waals surface area contributed by atoms with E-state index in [0.717, 1.165) is 6.42 Å². The Morgan fingerprint density at radius 1 is 1.50 bits per heavy atom. The Hall–Kier alpha value is -0.860. The van der Waals surface area contributed by atoms with Crippen molar-refractivity contribution in [1.29, 1.82) is 0 Å². The molecule has 1 aromatic heterocycles. The van der Waals surface area contributed by atoms with Crippen molar-refractivity contribution in [1.82, 2.24) is 13.0 Å². The van der Waals surface area contributed by atoms with E-state index in [-0.39, 0.29) is 11.7 Å². The van der Waals surface area contributed by atoms with Gasteiger partial charge in [-0.2, -0.15) is 0 Å². The van der Waals surface area contributed by atoms with Crippen LogP contribution in [0.3, 0.4) is 0 Å². The summed E-state index contributed by atoms with van der Waals surface area (Å²) >= 11 is 8.02. The van der Waals surface area contributed by atoms with Gasteiger partial charge in [-0.3, -0.25) is 7.58 Å². The molecule has 3 rings (SSSR count). The van der Waals surface area contributed by atoms with Gasteiger partial charge in [0.15, 0.2) is 5.82 Å². The molecule has 1 aromatic carbocycles. The number of fused-ring (bicyclic) bond motifs is 1. The SMILES string of the molecule is CN[C@@H]1CCN(C(=O)c2cc3cc(Cl)c(C)c(F)c3n2I)C1. The first kappa shape index (κ1) is 16.0. The number of aromatic nitrogens is 1. The van der Waals surface area contributed by atoms with E-state index in [1.165, 1.54) is 0 Å². The van der Waals surface area contributed by atoms with Crippen LogP contribution in [0.25, 0.3) is 10.9 Å². The molecule has 0 aliphatic carbocycles. The van der Waals surface area contributed by atoms with Gasteiger partial charge in [0.1, 0.15) is 5.69 Å². The predicted molar refractivity (Wildman–Crippen MR) is 94.4 cm³/mol. The molecular weight excluding hydrogens is 420 g/mol. The van der Waals surface area contributed by atoms with E-state index in [1.807, 2.05) is 29.9 Å². The van der Waals surface area contributed by atoms with E-state index in [2.05, 4.69) is 5.32 Å². The van der Waals surface area contributed by atoms with Crippen LogP contribution in [-0.2, 0) is 0 Å². The van der Waals surface area contributed by atoms with Crippen LogP contribution in [0.5, 0.6) is 0 Å². The third-order valence-electron chi connectivity index (χ3n) is 4.25. The van der Waals surface area contributed by atoms with Gasteiger partial charge in [-0.05, 0) is 32.5 Å². The number of amides is 1. The molecule has 0 spiro atoms. The van der Waals surface area contributed by atoms with E-state index >= 15 is 0 Å². The van der Waals surface area contributed by atoms with E-state index in [1.54, 1.807) is 26.7 Å². The summed E-state index contributed by atoms with van der Waals surface area (Å²) in [5.41, 5.74) is 1.30. The zero-order chi connectivity index (χ0) is 16.0. The lowest BCUT2D eigenvalue weighted by Crippen LogP contribution is -2.33. The van der Waals surface area contributed by atoms with Crippen LogP contribution in [0, 0.1) is 12.7 Å². The number of rotatable bonds is 2. The maximum absolute atomic E-state index is 14.4. The molecule has 0 bridgehead atoms. The zero-order valence-corrected chi connectivity index (χ0v) is 15.2. The van der Waals surface area contributed by atoms with Crippen molar-refractivity contribution < 1.29 is 9.18 Å². The van der Waals surface area contributed by atoms with Gasteiger partial charge in [0.2, 0.25) is 0 Å². The van der Waals surface area contributed by atoms with Crippen LogP contribution >= 0.6 is 34.5 Å². The van der Waals surface area contributed by atoms with Gasteiger partial charge in [0.05, 0.1) is 28.4 Å². The molecule has 1 N–H and O–H groups in total. The second-order valence-corrected chi connectivity index (χ2v) is 6.94. The Labute approximate surface area is 147 Å². The molecule has 1 amide bonds. The standard InChI is InChI=1S/C15H16ClFIN3O/c1-8-11(16)5-9-6-12(21(18)14(9)13(8)17)15(22)20-4-3-10(7-20)19-2/h5-6,10,19H,3-4,7H2,1-2H3/t10-/m1/s1. The highest BCUT2D eigenvalue weighted by Crippen LogP contribution is 2.32. The van der Waals surface area contributed by atoms with Crippen LogP contribution in [0.4, 0.5) is 4.39 Å². The van der Waals surface area contributed by atoms with Crippen LogP contribution in [0.15, 0.2) is 12.1 Å². The molecule has 0 saturated carbocycles. The van der Waals surface area contributed by atoms with Crippen molar-refractivity contribution in [3.63, 3.8) is 0 Å². The minimum atomic E-state index is -0.370. The Bertz CT molecular complexity index is 761. The van der Waals surface area contributed by atoms with E-state index in [4.69, 9.17) is 11.6 Å². The Morgan fingerprint density at radius 3 is 2.86 bits per heavy atom. The zero-order valence-electron chi connectivity index (χ0n) is 12.3. The van der Waals surface area contributed by atoms with Gasteiger partial charge in [-0.25, -0.2) is 4.39 Å². The Balaban J connectivity index is 2.03. The molecule has 118 valence electrons. The van der Waals surface area contributed by atoms with Gasteiger partial charge < -0.3 is 10.2 Å². The van der Waals surface area contributed by atoms with E-state index in [9.17, 15) is 9.18 Å². The Morgan fingerprint density at radius 2 is 2.23 bits per heavy atom. The maximum Gasteiger partial charge on any atom is 0.271 e. The van der Waals surface area contributed by atoms with Gasteiger partial charge in [-0.15, -0.1) is 0 Å². The van der Waals surface area contributed by atoms with Crippen LogP contribution in [0.1, 0.15) is 22.5 Å². The lowest BCUT2D eigenvalue weighted by Gasteiger charge is -2.16. The summed E-state index contributed by atoms with van der Waals surface area (Å²) in [6, 6.07) is 3.75. The van der Waals surface area contributed by atoms with Crippen molar-refractivity contribution in [2.75, 3.05) is 20.1 Å². The van der Waals surface area contributed by atoms with Crippen molar-refractivity contribution in [3.8, 4) is 0 Å². The Kier molecular flexibility index (Phi) is 4.35. The molecule has 1 saturated heterocycles. The second-order valence-electron chi connectivity index (χ2n) is 5.57. The minimum absolute atomic E-state index is 0.0727. The third kappa shape index (κ3) is 2.51. The number of likely N-dealkylation sites (N-methyl/N-ethyl adjacent to an activating group) is 1. The molecule has 0 unspecified atom stereocenters. The summed E-state index contributed by atoms with van der Waals surface area (Å²) in [5, 5.41) is 4.21. The van der Waals surface area contributed by atoms with Crippen molar-refractivity contribution >= 4 is 51.3 Å². The number of nitrogens with one attached hydrogen (secondary N) is 1. The monoisotopic (exact) mass is 435 g/mol. The van der Waals surface area contributed by atoms with E-state index in [0.29, 0.717) is 46.3 Å².